The van der Waals surface area contributed by atoms with Crippen LogP contribution in [0.3, 0.4) is 0 Å². The Labute approximate surface area is 49.7 Å². The third kappa shape index (κ3) is 0.933. The minimum atomic E-state index is 0.681. The Morgan fingerprint density at radius 1 is 1.71 bits per heavy atom. The molecule has 42 valence electrons. The molecule has 1 heterocycles. The van der Waals surface area contributed by atoms with E-state index in [2.05, 4.69) is 25.6 Å². The summed E-state index contributed by atoms with van der Waals surface area (Å²) in [7, 11) is 0. The average molecular weight is 116 g/mol. The van der Waals surface area contributed by atoms with Crippen LogP contribution in [-0.4, -0.2) is 10.5 Å². The van der Waals surface area contributed by atoms with Crippen LogP contribution in [0.5, 0.6) is 0 Å². The lowest BCUT2D eigenvalue weighted by molar-refractivity contribution is 0.568. The van der Waals surface area contributed by atoms with E-state index in [4.69, 9.17) is 0 Å². The van der Waals surface area contributed by atoms with Gasteiger partial charge < -0.3 is 0 Å². The maximum atomic E-state index is 2.35. The number of hydrogen-bond acceptors (Lipinski definition) is 1. The molecule has 1 rings (SSSR count). The third-order valence-corrected chi connectivity index (χ3v) is 3.43. The average Bonchev–Trinajstić information content (AvgIpc) is 1.61. The highest BCUT2D eigenvalue weighted by Gasteiger charge is 2.29. The van der Waals surface area contributed by atoms with Gasteiger partial charge in [-0.05, 0) is 18.6 Å². The summed E-state index contributed by atoms with van der Waals surface area (Å²) in [5, 5.41) is 0. The second kappa shape index (κ2) is 1.70. The summed E-state index contributed by atoms with van der Waals surface area (Å²) in [4.78, 5) is 0. The van der Waals surface area contributed by atoms with Gasteiger partial charge in [-0.2, -0.15) is 11.8 Å². The topological polar surface area (TPSA) is 0 Å². The predicted molar refractivity (Wildman–Crippen MR) is 35.8 cm³/mol. The van der Waals surface area contributed by atoms with Crippen molar-refractivity contribution in [1.29, 1.82) is 0 Å². The second-order valence-corrected chi connectivity index (χ2v) is 4.08. The maximum absolute atomic E-state index is 2.35. The summed E-state index contributed by atoms with van der Waals surface area (Å²) < 4.78 is 0.681. The first-order valence-corrected chi connectivity index (χ1v) is 3.89. The van der Waals surface area contributed by atoms with E-state index < -0.39 is 0 Å². The van der Waals surface area contributed by atoms with Crippen molar-refractivity contribution in [2.24, 2.45) is 0 Å². The van der Waals surface area contributed by atoms with Gasteiger partial charge in [-0.3, -0.25) is 0 Å². The van der Waals surface area contributed by atoms with Gasteiger partial charge in [-0.1, -0.05) is 13.8 Å². The summed E-state index contributed by atoms with van der Waals surface area (Å²) in [5.74, 6) is 1.39. The molecular weight excluding hydrogens is 104 g/mol. The van der Waals surface area contributed by atoms with Crippen molar-refractivity contribution >= 4 is 11.8 Å². The van der Waals surface area contributed by atoms with Gasteiger partial charge in [0.1, 0.15) is 0 Å². The van der Waals surface area contributed by atoms with Crippen molar-refractivity contribution in [1.82, 2.24) is 0 Å². The monoisotopic (exact) mass is 116 g/mol. The molecule has 0 aromatic carbocycles. The molecule has 1 heteroatoms. The van der Waals surface area contributed by atoms with Gasteiger partial charge >= 0.3 is 0 Å². The molecule has 0 aromatic heterocycles. The van der Waals surface area contributed by atoms with E-state index in [0.29, 0.717) is 4.75 Å². The standard InChI is InChI=1S/C6H12S/c1-3-6(2)4-5-7-6/h3-5H2,1-2H3. The van der Waals surface area contributed by atoms with Crippen molar-refractivity contribution < 1.29 is 0 Å². The lowest BCUT2D eigenvalue weighted by Crippen LogP contribution is -2.29. The normalized spacial score (nSPS) is 40.3. The van der Waals surface area contributed by atoms with E-state index in [1.165, 1.54) is 18.6 Å². The van der Waals surface area contributed by atoms with Crippen molar-refractivity contribution in [3.8, 4) is 0 Å². The van der Waals surface area contributed by atoms with Crippen LogP contribution in [0.2, 0.25) is 0 Å². The molecule has 0 aromatic rings. The molecule has 1 fully saturated rings. The van der Waals surface area contributed by atoms with Gasteiger partial charge in [0.15, 0.2) is 0 Å². The molecule has 1 aliphatic heterocycles. The molecule has 0 aliphatic carbocycles. The molecule has 0 nitrogen and oxygen atoms in total. The molecular formula is C6H12S. The van der Waals surface area contributed by atoms with Crippen molar-refractivity contribution in [2.45, 2.75) is 31.4 Å². The SMILES string of the molecule is CCC1(C)CCS1. The summed E-state index contributed by atoms with van der Waals surface area (Å²) in [6.07, 6.45) is 2.78. The van der Waals surface area contributed by atoms with Crippen LogP contribution in [0.4, 0.5) is 0 Å². The Kier molecular flexibility index (Phi) is 1.33. The van der Waals surface area contributed by atoms with Gasteiger partial charge in [0, 0.05) is 4.75 Å². The fourth-order valence-electron chi connectivity index (χ4n) is 0.729. The lowest BCUT2D eigenvalue weighted by Gasteiger charge is -2.36. The Hall–Kier alpha value is 0.350. The minimum Gasteiger partial charge on any atom is -0.155 e. The molecule has 0 bridgehead atoms. The van der Waals surface area contributed by atoms with E-state index in [-0.39, 0.29) is 0 Å². The molecule has 0 N–H and O–H groups in total. The van der Waals surface area contributed by atoms with Crippen LogP contribution >= 0.6 is 11.8 Å². The second-order valence-electron chi connectivity index (χ2n) is 2.40. The van der Waals surface area contributed by atoms with E-state index in [9.17, 15) is 0 Å². The van der Waals surface area contributed by atoms with E-state index in [1.54, 1.807) is 0 Å². The molecule has 1 unspecified atom stereocenters. The van der Waals surface area contributed by atoms with Crippen LogP contribution in [0.15, 0.2) is 0 Å². The summed E-state index contributed by atoms with van der Waals surface area (Å²) in [6.45, 7) is 4.62. The van der Waals surface area contributed by atoms with Crippen LogP contribution in [0.1, 0.15) is 26.7 Å². The fourth-order valence-corrected chi connectivity index (χ4v) is 1.83. The zero-order valence-electron chi connectivity index (χ0n) is 5.03. The van der Waals surface area contributed by atoms with Crippen molar-refractivity contribution in [3.05, 3.63) is 0 Å². The maximum Gasteiger partial charge on any atom is 0.0137 e. The summed E-state index contributed by atoms with van der Waals surface area (Å²) >= 11 is 2.11. The number of thioether (sulfide) groups is 1. The summed E-state index contributed by atoms with van der Waals surface area (Å²) in [5.41, 5.74) is 0. The zero-order chi connectivity index (χ0) is 5.33. The first-order valence-electron chi connectivity index (χ1n) is 2.91. The Balaban J connectivity index is 2.29. The number of hydrogen-bond donors (Lipinski definition) is 0. The van der Waals surface area contributed by atoms with Crippen LogP contribution in [0.25, 0.3) is 0 Å². The highest BCUT2D eigenvalue weighted by molar-refractivity contribution is 8.02. The van der Waals surface area contributed by atoms with Crippen molar-refractivity contribution in [2.75, 3.05) is 5.75 Å². The summed E-state index contributed by atoms with van der Waals surface area (Å²) in [6, 6.07) is 0. The van der Waals surface area contributed by atoms with E-state index >= 15 is 0 Å². The Morgan fingerprint density at radius 2 is 2.29 bits per heavy atom. The molecule has 0 saturated carbocycles. The zero-order valence-corrected chi connectivity index (χ0v) is 5.85. The highest BCUT2D eigenvalue weighted by atomic mass is 32.2. The molecule has 1 aliphatic rings. The van der Waals surface area contributed by atoms with Crippen LogP contribution in [0, 0.1) is 0 Å². The van der Waals surface area contributed by atoms with Gasteiger partial charge in [0.05, 0.1) is 0 Å². The van der Waals surface area contributed by atoms with E-state index in [0.717, 1.165) is 0 Å². The van der Waals surface area contributed by atoms with Crippen LogP contribution in [-0.2, 0) is 0 Å². The largest absolute Gasteiger partial charge is 0.155 e. The fraction of sp³-hybridized carbons (Fsp3) is 1.00. The first-order chi connectivity index (χ1) is 3.27. The predicted octanol–water partition coefficient (Wildman–Crippen LogP) is 2.29. The van der Waals surface area contributed by atoms with E-state index in [1.807, 2.05) is 0 Å². The van der Waals surface area contributed by atoms with Crippen LogP contribution < -0.4 is 0 Å². The third-order valence-electron chi connectivity index (χ3n) is 1.83. The molecule has 0 amide bonds. The molecule has 1 atom stereocenters. The van der Waals surface area contributed by atoms with Gasteiger partial charge in [-0.15, -0.1) is 0 Å². The van der Waals surface area contributed by atoms with Gasteiger partial charge in [-0.25, -0.2) is 0 Å². The van der Waals surface area contributed by atoms with Gasteiger partial charge in [0.2, 0.25) is 0 Å². The molecule has 1 saturated heterocycles. The molecule has 0 radical (unpaired) electrons. The van der Waals surface area contributed by atoms with Gasteiger partial charge in [0.25, 0.3) is 0 Å². The Bertz CT molecular complexity index is 59.1. The smallest absolute Gasteiger partial charge is 0.0137 e. The van der Waals surface area contributed by atoms with Crippen molar-refractivity contribution in [3.63, 3.8) is 0 Å². The first kappa shape index (κ1) is 5.49. The highest BCUT2D eigenvalue weighted by Crippen LogP contribution is 2.42. The number of rotatable bonds is 1. The minimum absolute atomic E-state index is 0.681. The Morgan fingerprint density at radius 3 is 2.29 bits per heavy atom. The molecule has 0 spiro atoms. The lowest BCUT2D eigenvalue weighted by atomic mass is 10.0. The quantitative estimate of drug-likeness (QED) is 0.506. The molecule has 7 heavy (non-hydrogen) atoms.